The van der Waals surface area contributed by atoms with Crippen molar-refractivity contribution < 1.29 is 37.5 Å². The summed E-state index contributed by atoms with van der Waals surface area (Å²) < 4.78 is 47.5. The number of aliphatic hydroxyl groups is 2. The molecule has 2 aromatic rings. The molecule has 2 aliphatic heterocycles. The van der Waals surface area contributed by atoms with Crippen LogP contribution in [-0.2, 0) is 25.0 Å². The van der Waals surface area contributed by atoms with E-state index in [0.29, 0.717) is 0 Å². The first-order valence-corrected chi connectivity index (χ1v) is 10.4. The number of aromatic nitrogens is 2. The molecule has 3 atom stereocenters. The van der Waals surface area contributed by atoms with Crippen LogP contribution in [0.3, 0.4) is 0 Å². The number of benzene rings is 1. The van der Waals surface area contributed by atoms with Crippen LogP contribution in [0.4, 0.5) is 4.39 Å². The van der Waals surface area contributed by atoms with Gasteiger partial charge in [-0.05, 0) is 38.0 Å². The van der Waals surface area contributed by atoms with Gasteiger partial charge < -0.3 is 19.5 Å². The van der Waals surface area contributed by atoms with Crippen LogP contribution in [0.15, 0.2) is 34.0 Å². The summed E-state index contributed by atoms with van der Waals surface area (Å²) in [6.07, 6.45) is -0.843. The number of phosphoric acid groups is 1. The number of fused-ring (bicyclic) bond motifs is 1. The van der Waals surface area contributed by atoms with E-state index in [1.807, 2.05) is 0 Å². The molecule has 0 aliphatic carbocycles. The summed E-state index contributed by atoms with van der Waals surface area (Å²) in [4.78, 5) is 25.6. The minimum atomic E-state index is -4.47. The zero-order valence-corrected chi connectivity index (χ0v) is 16.5. The fourth-order valence-electron chi connectivity index (χ4n) is 3.21. The average molecular weight is 444 g/mol. The smallest absolute Gasteiger partial charge is 0.404 e. The highest BCUT2D eigenvalue weighted by atomic mass is 31.2. The van der Waals surface area contributed by atoms with E-state index in [1.54, 1.807) is 0 Å². The highest BCUT2D eigenvalue weighted by molar-refractivity contribution is 7.49. The summed E-state index contributed by atoms with van der Waals surface area (Å²) in [6, 6.07) is 3.42. The van der Waals surface area contributed by atoms with E-state index in [-0.39, 0.29) is 36.3 Å². The van der Waals surface area contributed by atoms with E-state index >= 15 is 0 Å². The van der Waals surface area contributed by atoms with Crippen LogP contribution in [0.5, 0.6) is 5.75 Å². The van der Waals surface area contributed by atoms with Gasteiger partial charge in [0.25, 0.3) is 5.56 Å². The second-order valence-corrected chi connectivity index (χ2v) is 8.47. The van der Waals surface area contributed by atoms with E-state index in [4.69, 9.17) is 18.3 Å². The summed E-state index contributed by atoms with van der Waals surface area (Å²) in [5, 5.41) is 20.7. The molecule has 1 saturated heterocycles. The van der Waals surface area contributed by atoms with Crippen LogP contribution in [0.25, 0.3) is 0 Å². The maximum absolute atomic E-state index is 13.3. The molecule has 3 unspecified atom stereocenters. The Labute approximate surface area is 168 Å². The van der Waals surface area contributed by atoms with E-state index < -0.39 is 43.2 Å². The third-order valence-corrected chi connectivity index (χ3v) is 6.09. The first-order chi connectivity index (χ1) is 14.1. The number of nitrogens with one attached hydrogen (secondary N) is 1. The van der Waals surface area contributed by atoms with Crippen LogP contribution in [-0.4, -0.2) is 31.8 Å². The van der Waals surface area contributed by atoms with Gasteiger partial charge in [-0.2, -0.15) is 0 Å². The molecular formula is C17H18FN2O9P. The maximum Gasteiger partial charge on any atom is 0.534 e. The normalized spacial score (nSPS) is 26.3. The quantitative estimate of drug-likeness (QED) is 0.464. The van der Waals surface area contributed by atoms with Gasteiger partial charge in [-0.15, -0.1) is 0 Å². The highest BCUT2D eigenvalue weighted by Crippen LogP contribution is 2.57. The fraction of sp³-hybridized carbons (Fsp3) is 0.412. The number of H-pyrrole nitrogens is 1. The van der Waals surface area contributed by atoms with Gasteiger partial charge in [0.05, 0.1) is 6.61 Å². The van der Waals surface area contributed by atoms with Crippen LogP contribution in [0, 0.1) is 12.7 Å². The molecule has 3 heterocycles. The van der Waals surface area contributed by atoms with Crippen LogP contribution in [0.2, 0.25) is 0 Å². The van der Waals surface area contributed by atoms with Crippen molar-refractivity contribution in [3.8, 4) is 5.75 Å². The van der Waals surface area contributed by atoms with Gasteiger partial charge in [0.15, 0.2) is 0 Å². The lowest BCUT2D eigenvalue weighted by molar-refractivity contribution is -0.349. The third kappa shape index (κ3) is 3.97. The molecule has 0 saturated carbocycles. The molecule has 0 amide bonds. The number of nitrogens with zero attached hydrogens (tertiary/aromatic N) is 1. The Bertz CT molecular complexity index is 1140. The number of rotatable bonds is 4. The SMILES string of the molecule is Cc1cn(C2CCC(C(O)(O)OP3(=O)OCc4cc(F)ccc4O3)O2)c(=O)[nH]c1=O. The Morgan fingerprint density at radius 1 is 1.33 bits per heavy atom. The number of ether oxygens (including phenoxy) is 1. The van der Waals surface area contributed by atoms with Crippen LogP contribution >= 0.6 is 7.82 Å². The van der Waals surface area contributed by atoms with Crippen molar-refractivity contribution >= 4 is 7.82 Å². The fourth-order valence-corrected chi connectivity index (χ4v) is 4.52. The summed E-state index contributed by atoms with van der Waals surface area (Å²) in [6.45, 7) is 1.17. The molecule has 0 spiro atoms. The predicted octanol–water partition coefficient (Wildman–Crippen LogP) is 1.03. The van der Waals surface area contributed by atoms with Crippen molar-refractivity contribution in [2.24, 2.45) is 0 Å². The van der Waals surface area contributed by atoms with Gasteiger partial charge >= 0.3 is 19.5 Å². The summed E-state index contributed by atoms with van der Waals surface area (Å²) in [7, 11) is -4.47. The molecule has 162 valence electrons. The van der Waals surface area contributed by atoms with E-state index in [0.717, 1.165) is 16.7 Å². The minimum Gasteiger partial charge on any atom is -0.404 e. The molecule has 11 nitrogen and oxygen atoms in total. The zero-order chi connectivity index (χ0) is 21.7. The lowest BCUT2D eigenvalue weighted by atomic mass is 10.2. The summed E-state index contributed by atoms with van der Waals surface area (Å²) >= 11 is 0. The Kier molecular flexibility index (Phi) is 5.17. The van der Waals surface area contributed by atoms with Crippen LogP contribution in [0.1, 0.15) is 30.2 Å². The van der Waals surface area contributed by atoms with Gasteiger partial charge in [0.1, 0.15) is 23.9 Å². The minimum absolute atomic E-state index is 0.0160. The largest absolute Gasteiger partial charge is 0.534 e. The van der Waals surface area contributed by atoms with E-state index in [9.17, 15) is 28.8 Å². The van der Waals surface area contributed by atoms with Crippen molar-refractivity contribution in [2.45, 2.75) is 44.7 Å². The maximum atomic E-state index is 13.3. The topological polar surface area (TPSA) is 149 Å². The molecule has 13 heteroatoms. The number of hydrogen-bond donors (Lipinski definition) is 3. The standard InChI is InChI=1S/C17H18FN2O9P/c1-9-7-20(16(22)19-15(9)21)14-5-4-13(27-14)17(23,24)29-30(25)26-8-10-6-11(18)2-3-12(10)28-30/h2-3,6-7,13-14,23-24H,4-5,8H2,1H3,(H,19,21,22). The number of hydrogen-bond acceptors (Lipinski definition) is 9. The van der Waals surface area contributed by atoms with Gasteiger partial charge in [-0.1, -0.05) is 0 Å². The zero-order valence-electron chi connectivity index (χ0n) is 15.6. The first kappa shape index (κ1) is 20.9. The molecule has 30 heavy (non-hydrogen) atoms. The summed E-state index contributed by atoms with van der Waals surface area (Å²) in [5.41, 5.74) is -0.732. The van der Waals surface area contributed by atoms with Gasteiger partial charge in [-0.3, -0.25) is 18.9 Å². The Hall–Kier alpha value is -2.34. The molecule has 3 N–H and O–H groups in total. The van der Waals surface area contributed by atoms with Crippen molar-refractivity contribution in [3.63, 3.8) is 0 Å². The molecule has 2 aliphatic rings. The first-order valence-electron chi connectivity index (χ1n) is 8.92. The molecule has 1 fully saturated rings. The number of aryl methyl sites for hydroxylation is 1. The Morgan fingerprint density at radius 3 is 2.87 bits per heavy atom. The van der Waals surface area contributed by atoms with E-state index in [2.05, 4.69) is 4.98 Å². The molecule has 1 aromatic heterocycles. The molecular weight excluding hydrogens is 426 g/mol. The summed E-state index contributed by atoms with van der Waals surface area (Å²) in [5.74, 6) is -3.61. The van der Waals surface area contributed by atoms with Crippen molar-refractivity contribution in [2.75, 3.05) is 0 Å². The third-order valence-electron chi connectivity index (χ3n) is 4.73. The number of phosphoric ester groups is 1. The second kappa shape index (κ2) is 7.41. The van der Waals surface area contributed by atoms with Gasteiger partial charge in [-0.25, -0.2) is 18.3 Å². The number of halogens is 1. The predicted molar refractivity (Wildman–Crippen MR) is 96.9 cm³/mol. The number of aromatic amines is 1. The molecule has 4 rings (SSSR count). The van der Waals surface area contributed by atoms with Crippen molar-refractivity contribution in [3.05, 3.63) is 62.2 Å². The monoisotopic (exact) mass is 444 g/mol. The highest BCUT2D eigenvalue weighted by Gasteiger charge is 2.50. The molecule has 0 bridgehead atoms. The molecule has 0 radical (unpaired) electrons. The lowest BCUT2D eigenvalue weighted by Gasteiger charge is -2.32. The van der Waals surface area contributed by atoms with Crippen LogP contribution < -0.4 is 15.8 Å². The lowest BCUT2D eigenvalue weighted by Crippen LogP contribution is -2.45. The Morgan fingerprint density at radius 2 is 2.10 bits per heavy atom. The second-order valence-electron chi connectivity index (χ2n) is 6.95. The van der Waals surface area contributed by atoms with Crippen molar-refractivity contribution in [1.82, 2.24) is 9.55 Å². The Balaban J connectivity index is 1.49. The average Bonchev–Trinajstić information content (AvgIpc) is 3.15. The van der Waals surface area contributed by atoms with Gasteiger partial charge in [0.2, 0.25) is 0 Å². The molecule has 1 aromatic carbocycles. The van der Waals surface area contributed by atoms with E-state index in [1.165, 1.54) is 19.2 Å². The van der Waals surface area contributed by atoms with Crippen molar-refractivity contribution in [1.29, 1.82) is 0 Å². The van der Waals surface area contributed by atoms with Gasteiger partial charge in [0, 0.05) is 17.3 Å².